The van der Waals surface area contributed by atoms with Gasteiger partial charge in [-0.25, -0.2) is 4.79 Å². The number of aliphatic carboxylic acids is 1. The van der Waals surface area contributed by atoms with E-state index in [0.717, 1.165) is 22.8 Å². The summed E-state index contributed by atoms with van der Waals surface area (Å²) in [6.07, 6.45) is 2.67. The van der Waals surface area contributed by atoms with Crippen molar-refractivity contribution in [2.24, 2.45) is 0 Å². The van der Waals surface area contributed by atoms with Crippen LogP contribution in [0.25, 0.3) is 6.08 Å². The number of aryl methyl sites for hydroxylation is 1. The van der Waals surface area contributed by atoms with Crippen LogP contribution >= 0.6 is 11.3 Å². The lowest BCUT2D eigenvalue weighted by Crippen LogP contribution is -1.96. The molecule has 19 heavy (non-hydrogen) atoms. The van der Waals surface area contributed by atoms with Crippen molar-refractivity contribution < 1.29 is 14.6 Å². The Labute approximate surface area is 115 Å². The standard InChI is InChI=1S/C15H14O3S/c1-11-2-4-14(13(8-11)3-5-15(16)17)18-9-12-6-7-19-10-12/h2-8,10H,9H2,1H3,(H,16,17). The topological polar surface area (TPSA) is 46.5 Å². The average molecular weight is 274 g/mol. The van der Waals surface area contributed by atoms with Crippen LogP contribution in [0.1, 0.15) is 16.7 Å². The second-order valence-corrected chi connectivity index (χ2v) is 4.91. The SMILES string of the molecule is Cc1ccc(OCc2ccsc2)c(C=CC(=O)O)c1. The van der Waals surface area contributed by atoms with Crippen LogP contribution in [0.5, 0.6) is 5.75 Å². The quantitative estimate of drug-likeness (QED) is 0.845. The molecule has 0 radical (unpaired) electrons. The van der Waals surface area contributed by atoms with Gasteiger partial charge in [0.15, 0.2) is 0 Å². The molecule has 0 fully saturated rings. The molecule has 2 aromatic rings. The molecular weight excluding hydrogens is 260 g/mol. The van der Waals surface area contributed by atoms with Gasteiger partial charge in [-0.05, 0) is 47.5 Å². The zero-order chi connectivity index (χ0) is 13.7. The fourth-order valence-electron chi connectivity index (χ4n) is 1.63. The lowest BCUT2D eigenvalue weighted by Gasteiger charge is -2.09. The largest absolute Gasteiger partial charge is 0.488 e. The van der Waals surface area contributed by atoms with Crippen LogP contribution in [0.4, 0.5) is 0 Å². The van der Waals surface area contributed by atoms with Gasteiger partial charge in [0.25, 0.3) is 0 Å². The molecule has 0 bridgehead atoms. The first-order chi connectivity index (χ1) is 9.15. The Morgan fingerprint density at radius 2 is 2.26 bits per heavy atom. The van der Waals surface area contributed by atoms with E-state index in [9.17, 15) is 4.79 Å². The highest BCUT2D eigenvalue weighted by Gasteiger charge is 2.03. The van der Waals surface area contributed by atoms with Gasteiger partial charge >= 0.3 is 5.97 Å². The first-order valence-corrected chi connectivity index (χ1v) is 6.75. The zero-order valence-electron chi connectivity index (χ0n) is 10.5. The number of ether oxygens (including phenoxy) is 1. The van der Waals surface area contributed by atoms with Crippen LogP contribution in [-0.4, -0.2) is 11.1 Å². The minimum atomic E-state index is -0.967. The summed E-state index contributed by atoms with van der Waals surface area (Å²) in [5, 5.41) is 12.7. The maximum atomic E-state index is 10.6. The minimum absolute atomic E-state index is 0.487. The van der Waals surface area contributed by atoms with Gasteiger partial charge in [0.2, 0.25) is 0 Å². The summed E-state index contributed by atoms with van der Waals surface area (Å²) in [5.41, 5.74) is 2.95. The molecule has 1 aromatic carbocycles. The molecule has 0 amide bonds. The molecule has 0 saturated carbocycles. The lowest BCUT2D eigenvalue weighted by molar-refractivity contribution is -0.131. The molecule has 0 aliphatic rings. The number of carboxylic acids is 1. The van der Waals surface area contributed by atoms with Gasteiger partial charge in [0.1, 0.15) is 12.4 Å². The molecule has 2 rings (SSSR count). The molecule has 0 aliphatic carbocycles. The van der Waals surface area contributed by atoms with Crippen molar-refractivity contribution in [1.82, 2.24) is 0 Å². The van der Waals surface area contributed by atoms with E-state index in [1.54, 1.807) is 17.4 Å². The van der Waals surface area contributed by atoms with Crippen molar-refractivity contribution in [3.8, 4) is 5.75 Å². The van der Waals surface area contributed by atoms with E-state index >= 15 is 0 Å². The number of carboxylic acid groups (broad SMARTS) is 1. The normalized spacial score (nSPS) is 10.8. The Bertz CT molecular complexity index is 585. The molecule has 3 nitrogen and oxygen atoms in total. The molecule has 0 aliphatic heterocycles. The summed E-state index contributed by atoms with van der Waals surface area (Å²) < 4.78 is 5.73. The lowest BCUT2D eigenvalue weighted by atomic mass is 10.1. The Kier molecular flexibility index (Phi) is 4.36. The first kappa shape index (κ1) is 13.4. The maximum absolute atomic E-state index is 10.6. The molecule has 0 spiro atoms. The molecule has 0 saturated heterocycles. The first-order valence-electron chi connectivity index (χ1n) is 5.80. The van der Waals surface area contributed by atoms with Gasteiger partial charge in [-0.3, -0.25) is 0 Å². The van der Waals surface area contributed by atoms with Crippen molar-refractivity contribution in [3.63, 3.8) is 0 Å². The number of rotatable bonds is 5. The van der Waals surface area contributed by atoms with Gasteiger partial charge in [-0.2, -0.15) is 11.3 Å². The molecule has 0 atom stereocenters. The minimum Gasteiger partial charge on any atom is -0.488 e. The van der Waals surface area contributed by atoms with Gasteiger partial charge < -0.3 is 9.84 Å². The average Bonchev–Trinajstić information content (AvgIpc) is 2.88. The molecular formula is C15H14O3S. The number of thiophene rings is 1. The molecule has 1 N–H and O–H groups in total. The van der Waals surface area contributed by atoms with Crippen LogP contribution in [0, 0.1) is 6.92 Å². The van der Waals surface area contributed by atoms with Crippen LogP contribution in [0.3, 0.4) is 0 Å². The van der Waals surface area contributed by atoms with Gasteiger partial charge in [-0.1, -0.05) is 11.6 Å². The second-order valence-electron chi connectivity index (χ2n) is 4.13. The zero-order valence-corrected chi connectivity index (χ0v) is 11.3. The van der Waals surface area contributed by atoms with Gasteiger partial charge in [0, 0.05) is 11.6 Å². The predicted molar refractivity (Wildman–Crippen MR) is 76.5 cm³/mol. The third-order valence-corrected chi connectivity index (χ3v) is 3.28. The van der Waals surface area contributed by atoms with E-state index < -0.39 is 5.97 Å². The van der Waals surface area contributed by atoms with E-state index in [0.29, 0.717) is 12.4 Å². The van der Waals surface area contributed by atoms with E-state index in [-0.39, 0.29) is 0 Å². The van der Waals surface area contributed by atoms with Crippen LogP contribution in [-0.2, 0) is 11.4 Å². The summed E-state index contributed by atoms with van der Waals surface area (Å²) in [5.74, 6) is -0.278. The Balaban J connectivity index is 2.16. The van der Waals surface area contributed by atoms with Gasteiger partial charge in [0.05, 0.1) is 0 Å². The highest BCUT2D eigenvalue weighted by atomic mass is 32.1. The van der Waals surface area contributed by atoms with E-state index in [4.69, 9.17) is 9.84 Å². The highest BCUT2D eigenvalue weighted by molar-refractivity contribution is 7.07. The Hall–Kier alpha value is -2.07. The third kappa shape index (κ3) is 3.96. The van der Waals surface area contributed by atoms with Crippen molar-refractivity contribution in [2.75, 3.05) is 0 Å². The number of carbonyl (C=O) groups is 1. The second kappa shape index (κ2) is 6.20. The predicted octanol–water partition coefficient (Wildman–Crippen LogP) is 3.73. The Morgan fingerprint density at radius 1 is 1.42 bits per heavy atom. The van der Waals surface area contributed by atoms with E-state index in [1.165, 1.54) is 0 Å². The summed E-state index contributed by atoms with van der Waals surface area (Å²) >= 11 is 1.62. The fourth-order valence-corrected chi connectivity index (χ4v) is 2.28. The van der Waals surface area contributed by atoms with Crippen molar-refractivity contribution in [2.45, 2.75) is 13.5 Å². The van der Waals surface area contributed by atoms with Crippen molar-refractivity contribution in [3.05, 3.63) is 57.8 Å². The van der Waals surface area contributed by atoms with Crippen LogP contribution in [0.2, 0.25) is 0 Å². The monoisotopic (exact) mass is 274 g/mol. The van der Waals surface area contributed by atoms with E-state index in [2.05, 4.69) is 0 Å². The number of hydrogen-bond acceptors (Lipinski definition) is 3. The smallest absolute Gasteiger partial charge is 0.328 e. The summed E-state index contributed by atoms with van der Waals surface area (Å²) in [4.78, 5) is 10.6. The summed E-state index contributed by atoms with van der Waals surface area (Å²) in [6.45, 7) is 2.45. The Morgan fingerprint density at radius 3 is 2.95 bits per heavy atom. The highest BCUT2D eigenvalue weighted by Crippen LogP contribution is 2.23. The molecule has 0 unspecified atom stereocenters. The van der Waals surface area contributed by atoms with Crippen molar-refractivity contribution >= 4 is 23.4 Å². The molecule has 1 heterocycles. The van der Waals surface area contributed by atoms with Gasteiger partial charge in [-0.15, -0.1) is 0 Å². The summed E-state index contributed by atoms with van der Waals surface area (Å²) in [6, 6.07) is 7.72. The van der Waals surface area contributed by atoms with Crippen LogP contribution in [0.15, 0.2) is 41.1 Å². The number of benzene rings is 1. The number of hydrogen-bond donors (Lipinski definition) is 1. The fraction of sp³-hybridized carbons (Fsp3) is 0.133. The molecule has 1 aromatic heterocycles. The summed E-state index contributed by atoms with van der Waals surface area (Å²) in [7, 11) is 0. The third-order valence-electron chi connectivity index (χ3n) is 2.55. The maximum Gasteiger partial charge on any atom is 0.328 e. The van der Waals surface area contributed by atoms with E-state index in [1.807, 2.05) is 41.9 Å². The van der Waals surface area contributed by atoms with Crippen LogP contribution < -0.4 is 4.74 Å². The molecule has 4 heteroatoms. The molecule has 98 valence electrons. The van der Waals surface area contributed by atoms with Crippen molar-refractivity contribution in [1.29, 1.82) is 0 Å².